The maximum atomic E-state index is 12.9. The van der Waals surface area contributed by atoms with Crippen molar-refractivity contribution < 1.29 is 19.1 Å². The SMILES string of the molecule is CCCNC(=O)Cn1c(CO)cnc1SCC(=O)NCc1ccc(F)cc1. The number of imidazole rings is 1. The fraction of sp³-hybridized carbons (Fsp3) is 0.389. The first-order valence-electron chi connectivity index (χ1n) is 8.59. The summed E-state index contributed by atoms with van der Waals surface area (Å²) in [7, 11) is 0. The van der Waals surface area contributed by atoms with Gasteiger partial charge in [-0.1, -0.05) is 30.8 Å². The van der Waals surface area contributed by atoms with Gasteiger partial charge in [-0.05, 0) is 24.1 Å². The van der Waals surface area contributed by atoms with E-state index in [9.17, 15) is 19.1 Å². The Morgan fingerprint density at radius 1 is 1.22 bits per heavy atom. The zero-order valence-corrected chi connectivity index (χ0v) is 15.9. The molecule has 9 heteroatoms. The minimum absolute atomic E-state index is 0.0371. The number of carbonyl (C=O) groups excluding carboxylic acids is 2. The van der Waals surface area contributed by atoms with Gasteiger partial charge in [0.15, 0.2) is 5.16 Å². The summed E-state index contributed by atoms with van der Waals surface area (Å²) in [6.45, 7) is 2.63. The molecule has 0 unspecified atom stereocenters. The van der Waals surface area contributed by atoms with Crippen molar-refractivity contribution in [1.82, 2.24) is 20.2 Å². The van der Waals surface area contributed by atoms with Gasteiger partial charge in [-0.3, -0.25) is 9.59 Å². The quantitative estimate of drug-likeness (QED) is 0.530. The van der Waals surface area contributed by atoms with E-state index in [0.29, 0.717) is 23.9 Å². The lowest BCUT2D eigenvalue weighted by molar-refractivity contribution is -0.122. The number of hydrogen-bond acceptors (Lipinski definition) is 5. The zero-order chi connectivity index (χ0) is 19.6. The van der Waals surface area contributed by atoms with E-state index in [1.807, 2.05) is 6.92 Å². The molecular formula is C18H23FN4O3S. The molecule has 0 radical (unpaired) electrons. The van der Waals surface area contributed by atoms with Crippen molar-refractivity contribution in [3.8, 4) is 0 Å². The molecule has 146 valence electrons. The van der Waals surface area contributed by atoms with Crippen LogP contribution in [-0.4, -0.2) is 38.8 Å². The fourth-order valence-corrected chi connectivity index (χ4v) is 3.08. The number of halogens is 1. The lowest BCUT2D eigenvalue weighted by Gasteiger charge is -2.11. The monoisotopic (exact) mass is 394 g/mol. The zero-order valence-electron chi connectivity index (χ0n) is 15.1. The number of thioether (sulfide) groups is 1. The number of aromatic nitrogens is 2. The number of benzene rings is 1. The minimum Gasteiger partial charge on any atom is -0.390 e. The van der Waals surface area contributed by atoms with Crippen molar-refractivity contribution in [2.75, 3.05) is 12.3 Å². The normalized spacial score (nSPS) is 10.6. The summed E-state index contributed by atoms with van der Waals surface area (Å²) in [5, 5.41) is 15.4. The van der Waals surface area contributed by atoms with E-state index in [1.54, 1.807) is 16.7 Å². The second-order valence-electron chi connectivity index (χ2n) is 5.82. The average Bonchev–Trinajstić information content (AvgIpc) is 3.05. The summed E-state index contributed by atoms with van der Waals surface area (Å²) in [5.74, 6) is -0.596. The Bertz CT molecular complexity index is 764. The van der Waals surface area contributed by atoms with Crippen molar-refractivity contribution in [2.45, 2.75) is 38.2 Å². The first kappa shape index (κ1) is 20.9. The Balaban J connectivity index is 1.88. The van der Waals surface area contributed by atoms with E-state index in [2.05, 4.69) is 15.6 Å². The molecule has 0 bridgehead atoms. The summed E-state index contributed by atoms with van der Waals surface area (Å²) in [5.41, 5.74) is 1.31. The van der Waals surface area contributed by atoms with Gasteiger partial charge in [0, 0.05) is 13.1 Å². The molecule has 7 nitrogen and oxygen atoms in total. The molecule has 0 fully saturated rings. The standard InChI is InChI=1S/C18H23FN4O3S/c1-2-7-20-16(25)10-23-15(11-24)9-22-18(23)27-12-17(26)21-8-13-3-5-14(19)6-4-13/h3-6,9,24H,2,7-8,10-12H2,1H3,(H,20,25)(H,21,26). The second kappa shape index (κ2) is 10.7. The predicted molar refractivity (Wildman–Crippen MR) is 100 cm³/mol. The van der Waals surface area contributed by atoms with Crippen molar-refractivity contribution in [3.63, 3.8) is 0 Å². The smallest absolute Gasteiger partial charge is 0.240 e. The topological polar surface area (TPSA) is 96.2 Å². The van der Waals surface area contributed by atoms with E-state index in [1.165, 1.54) is 30.1 Å². The van der Waals surface area contributed by atoms with Gasteiger partial charge in [0.25, 0.3) is 0 Å². The first-order chi connectivity index (χ1) is 13.0. The number of aliphatic hydroxyl groups is 1. The highest BCUT2D eigenvalue weighted by molar-refractivity contribution is 7.99. The van der Waals surface area contributed by atoms with E-state index in [0.717, 1.165) is 12.0 Å². The van der Waals surface area contributed by atoms with Gasteiger partial charge in [0.1, 0.15) is 12.4 Å². The van der Waals surface area contributed by atoms with Crippen molar-refractivity contribution in [2.24, 2.45) is 0 Å². The van der Waals surface area contributed by atoms with Crippen LogP contribution in [0.1, 0.15) is 24.6 Å². The third-order valence-electron chi connectivity index (χ3n) is 3.67. The summed E-state index contributed by atoms with van der Waals surface area (Å²) in [6.07, 6.45) is 2.32. The van der Waals surface area contributed by atoms with Crippen LogP contribution in [0.15, 0.2) is 35.6 Å². The summed E-state index contributed by atoms with van der Waals surface area (Å²) >= 11 is 1.18. The van der Waals surface area contributed by atoms with Crippen LogP contribution in [0.25, 0.3) is 0 Å². The second-order valence-corrected chi connectivity index (χ2v) is 6.76. The molecule has 3 N–H and O–H groups in total. The third-order valence-corrected chi connectivity index (χ3v) is 4.66. The maximum Gasteiger partial charge on any atom is 0.240 e. The first-order valence-corrected chi connectivity index (χ1v) is 9.58. The molecule has 0 saturated heterocycles. The van der Waals surface area contributed by atoms with Crippen LogP contribution in [0.4, 0.5) is 4.39 Å². The van der Waals surface area contributed by atoms with Crippen LogP contribution in [-0.2, 0) is 29.3 Å². The van der Waals surface area contributed by atoms with Gasteiger partial charge in [0.2, 0.25) is 11.8 Å². The molecule has 2 aromatic rings. The number of amides is 2. The lowest BCUT2D eigenvalue weighted by Crippen LogP contribution is -2.29. The van der Waals surface area contributed by atoms with Gasteiger partial charge in [-0.15, -0.1) is 0 Å². The van der Waals surface area contributed by atoms with Crippen LogP contribution < -0.4 is 10.6 Å². The molecule has 1 aromatic heterocycles. The number of hydrogen-bond donors (Lipinski definition) is 3. The fourth-order valence-electron chi connectivity index (χ4n) is 2.25. The number of nitrogens with zero attached hydrogens (tertiary/aromatic N) is 2. The molecule has 27 heavy (non-hydrogen) atoms. The van der Waals surface area contributed by atoms with Crippen molar-refractivity contribution in [1.29, 1.82) is 0 Å². The van der Waals surface area contributed by atoms with Gasteiger partial charge in [-0.25, -0.2) is 9.37 Å². The highest BCUT2D eigenvalue weighted by Crippen LogP contribution is 2.18. The van der Waals surface area contributed by atoms with Gasteiger partial charge in [-0.2, -0.15) is 0 Å². The highest BCUT2D eigenvalue weighted by Gasteiger charge is 2.14. The summed E-state index contributed by atoms with van der Waals surface area (Å²) < 4.78 is 14.5. The Kier molecular flexibility index (Phi) is 8.28. The van der Waals surface area contributed by atoms with Crippen LogP contribution in [0.3, 0.4) is 0 Å². The van der Waals surface area contributed by atoms with Crippen molar-refractivity contribution >= 4 is 23.6 Å². The van der Waals surface area contributed by atoms with Gasteiger partial charge >= 0.3 is 0 Å². The molecular weight excluding hydrogens is 371 g/mol. The largest absolute Gasteiger partial charge is 0.390 e. The van der Waals surface area contributed by atoms with E-state index in [-0.39, 0.29) is 36.5 Å². The van der Waals surface area contributed by atoms with E-state index >= 15 is 0 Å². The van der Waals surface area contributed by atoms with Crippen LogP contribution in [0.5, 0.6) is 0 Å². The molecule has 0 aliphatic heterocycles. The van der Waals surface area contributed by atoms with Crippen LogP contribution in [0.2, 0.25) is 0 Å². The number of nitrogens with one attached hydrogen (secondary N) is 2. The maximum absolute atomic E-state index is 12.9. The lowest BCUT2D eigenvalue weighted by atomic mass is 10.2. The molecule has 0 saturated carbocycles. The molecule has 0 atom stereocenters. The molecule has 1 heterocycles. The van der Waals surface area contributed by atoms with Crippen LogP contribution in [0, 0.1) is 5.82 Å². The minimum atomic E-state index is -0.324. The molecule has 1 aromatic carbocycles. The predicted octanol–water partition coefficient (Wildman–Crippen LogP) is 1.45. The molecule has 0 spiro atoms. The average molecular weight is 394 g/mol. The van der Waals surface area contributed by atoms with E-state index in [4.69, 9.17) is 0 Å². The Morgan fingerprint density at radius 3 is 2.63 bits per heavy atom. The number of aliphatic hydroxyl groups excluding tert-OH is 1. The number of carbonyl (C=O) groups is 2. The molecule has 0 aliphatic rings. The Morgan fingerprint density at radius 2 is 1.96 bits per heavy atom. The summed E-state index contributed by atoms with van der Waals surface area (Å²) in [6, 6.07) is 5.90. The molecule has 0 aliphatic carbocycles. The molecule has 2 amide bonds. The number of rotatable bonds is 10. The summed E-state index contributed by atoms with van der Waals surface area (Å²) in [4.78, 5) is 28.2. The van der Waals surface area contributed by atoms with Gasteiger partial charge < -0.3 is 20.3 Å². The molecule has 2 rings (SSSR count). The third kappa shape index (κ3) is 6.69. The highest BCUT2D eigenvalue weighted by atomic mass is 32.2. The van der Waals surface area contributed by atoms with Crippen molar-refractivity contribution in [3.05, 3.63) is 47.5 Å². The van der Waals surface area contributed by atoms with Gasteiger partial charge in [0.05, 0.1) is 24.3 Å². The Labute approximate surface area is 161 Å². The van der Waals surface area contributed by atoms with Crippen LogP contribution >= 0.6 is 11.8 Å². The van der Waals surface area contributed by atoms with E-state index < -0.39 is 0 Å². The Hall–Kier alpha value is -2.39.